The number of halogens is 2. The molecule has 5 nitrogen and oxygen atoms in total. The SMILES string of the molecule is COCCNC(=O)CNC(=O)c1cc(F)ccc1F. The maximum Gasteiger partial charge on any atom is 0.254 e. The summed E-state index contributed by atoms with van der Waals surface area (Å²) >= 11 is 0. The van der Waals surface area contributed by atoms with Crippen molar-refractivity contribution in [1.82, 2.24) is 10.6 Å². The van der Waals surface area contributed by atoms with E-state index in [4.69, 9.17) is 4.74 Å². The van der Waals surface area contributed by atoms with Crippen molar-refractivity contribution in [2.24, 2.45) is 0 Å². The van der Waals surface area contributed by atoms with Gasteiger partial charge in [0.05, 0.1) is 18.7 Å². The Bertz CT molecular complexity index is 466. The molecular formula is C12H14F2N2O3. The van der Waals surface area contributed by atoms with Gasteiger partial charge in [0, 0.05) is 13.7 Å². The largest absolute Gasteiger partial charge is 0.383 e. The van der Waals surface area contributed by atoms with Crippen LogP contribution in [0.2, 0.25) is 0 Å². The van der Waals surface area contributed by atoms with Crippen LogP contribution in [0.4, 0.5) is 8.78 Å². The smallest absolute Gasteiger partial charge is 0.254 e. The van der Waals surface area contributed by atoms with Crippen LogP contribution in [0.5, 0.6) is 0 Å². The van der Waals surface area contributed by atoms with Crippen molar-refractivity contribution in [2.75, 3.05) is 26.8 Å². The van der Waals surface area contributed by atoms with Gasteiger partial charge < -0.3 is 15.4 Å². The summed E-state index contributed by atoms with van der Waals surface area (Å²) in [7, 11) is 1.49. The molecule has 2 N–H and O–H groups in total. The fraction of sp³-hybridized carbons (Fsp3) is 0.333. The van der Waals surface area contributed by atoms with Crippen LogP contribution in [0.15, 0.2) is 18.2 Å². The van der Waals surface area contributed by atoms with Crippen molar-refractivity contribution in [3.63, 3.8) is 0 Å². The van der Waals surface area contributed by atoms with E-state index in [1.807, 2.05) is 0 Å². The van der Waals surface area contributed by atoms with Crippen LogP contribution in [0.25, 0.3) is 0 Å². The van der Waals surface area contributed by atoms with E-state index in [2.05, 4.69) is 10.6 Å². The molecule has 104 valence electrons. The highest BCUT2D eigenvalue weighted by Gasteiger charge is 2.13. The molecule has 0 bridgehead atoms. The molecule has 7 heteroatoms. The minimum atomic E-state index is -0.848. The van der Waals surface area contributed by atoms with Gasteiger partial charge in [0.1, 0.15) is 11.6 Å². The number of carbonyl (C=O) groups excluding carboxylic acids is 2. The van der Waals surface area contributed by atoms with E-state index in [1.54, 1.807) is 0 Å². The predicted molar refractivity (Wildman–Crippen MR) is 63.6 cm³/mol. The van der Waals surface area contributed by atoms with Gasteiger partial charge in [-0.1, -0.05) is 0 Å². The second-order valence-corrected chi connectivity index (χ2v) is 3.65. The molecule has 1 aromatic rings. The molecule has 0 saturated carbocycles. The lowest BCUT2D eigenvalue weighted by Gasteiger charge is -2.07. The monoisotopic (exact) mass is 272 g/mol. The van der Waals surface area contributed by atoms with E-state index in [-0.39, 0.29) is 6.54 Å². The fourth-order valence-corrected chi connectivity index (χ4v) is 1.28. The second kappa shape index (κ2) is 7.42. The third-order valence-corrected chi connectivity index (χ3v) is 2.21. The van der Waals surface area contributed by atoms with Gasteiger partial charge in [-0.05, 0) is 18.2 Å². The minimum Gasteiger partial charge on any atom is -0.383 e. The zero-order chi connectivity index (χ0) is 14.3. The van der Waals surface area contributed by atoms with Gasteiger partial charge in [-0.3, -0.25) is 9.59 Å². The number of benzene rings is 1. The summed E-state index contributed by atoms with van der Waals surface area (Å²) in [5, 5.41) is 4.67. The molecule has 0 radical (unpaired) electrons. The highest BCUT2D eigenvalue weighted by molar-refractivity contribution is 5.96. The fourth-order valence-electron chi connectivity index (χ4n) is 1.28. The first-order valence-electron chi connectivity index (χ1n) is 5.53. The van der Waals surface area contributed by atoms with Gasteiger partial charge >= 0.3 is 0 Å². The van der Waals surface area contributed by atoms with E-state index < -0.39 is 29.0 Å². The molecule has 0 saturated heterocycles. The molecule has 1 rings (SSSR count). The molecule has 0 unspecified atom stereocenters. The maximum atomic E-state index is 13.2. The van der Waals surface area contributed by atoms with Crippen LogP contribution in [-0.4, -0.2) is 38.6 Å². The number of ether oxygens (including phenoxy) is 1. The van der Waals surface area contributed by atoms with E-state index in [0.717, 1.165) is 18.2 Å². The Morgan fingerprint density at radius 3 is 2.68 bits per heavy atom. The molecule has 0 atom stereocenters. The van der Waals surface area contributed by atoms with Gasteiger partial charge in [-0.25, -0.2) is 8.78 Å². The van der Waals surface area contributed by atoms with Crippen LogP contribution in [0.3, 0.4) is 0 Å². The van der Waals surface area contributed by atoms with Crippen molar-refractivity contribution in [2.45, 2.75) is 0 Å². The molecule has 0 aliphatic carbocycles. The number of hydrogen-bond acceptors (Lipinski definition) is 3. The zero-order valence-corrected chi connectivity index (χ0v) is 10.3. The molecule has 19 heavy (non-hydrogen) atoms. The summed E-state index contributed by atoms with van der Waals surface area (Å²) in [6.07, 6.45) is 0. The van der Waals surface area contributed by atoms with Crippen molar-refractivity contribution in [1.29, 1.82) is 0 Å². The molecule has 1 aromatic carbocycles. The molecule has 0 aliphatic rings. The van der Waals surface area contributed by atoms with E-state index >= 15 is 0 Å². The Hall–Kier alpha value is -2.02. The third-order valence-electron chi connectivity index (χ3n) is 2.21. The van der Waals surface area contributed by atoms with Crippen LogP contribution in [-0.2, 0) is 9.53 Å². The lowest BCUT2D eigenvalue weighted by Crippen LogP contribution is -2.38. The zero-order valence-electron chi connectivity index (χ0n) is 10.3. The lowest BCUT2D eigenvalue weighted by molar-refractivity contribution is -0.120. The maximum absolute atomic E-state index is 13.2. The molecule has 2 amide bonds. The minimum absolute atomic E-state index is 0.305. The summed E-state index contributed by atoms with van der Waals surface area (Å²) in [5.41, 5.74) is -0.440. The number of nitrogens with one attached hydrogen (secondary N) is 2. The van der Waals surface area contributed by atoms with Gasteiger partial charge in [0.25, 0.3) is 5.91 Å². The normalized spacial score (nSPS) is 10.1. The van der Waals surface area contributed by atoms with Crippen molar-refractivity contribution in [3.05, 3.63) is 35.4 Å². The quantitative estimate of drug-likeness (QED) is 0.739. The summed E-state index contributed by atoms with van der Waals surface area (Å²) in [6.45, 7) is 0.330. The van der Waals surface area contributed by atoms with Gasteiger partial charge in [0.2, 0.25) is 5.91 Å². The Balaban J connectivity index is 2.47. The highest BCUT2D eigenvalue weighted by Crippen LogP contribution is 2.09. The number of methoxy groups -OCH3 is 1. The van der Waals surface area contributed by atoms with Crippen molar-refractivity contribution in [3.8, 4) is 0 Å². The first-order chi connectivity index (χ1) is 9.04. The van der Waals surface area contributed by atoms with Crippen molar-refractivity contribution < 1.29 is 23.1 Å². The molecule has 0 aromatic heterocycles. The van der Waals surface area contributed by atoms with E-state index in [9.17, 15) is 18.4 Å². The highest BCUT2D eigenvalue weighted by atomic mass is 19.1. The number of carbonyl (C=O) groups is 2. The Morgan fingerprint density at radius 2 is 2.00 bits per heavy atom. The first kappa shape index (κ1) is 15.0. The van der Waals surface area contributed by atoms with Crippen LogP contribution < -0.4 is 10.6 Å². The standard InChI is InChI=1S/C12H14F2N2O3/c1-19-5-4-15-11(17)7-16-12(18)9-6-8(13)2-3-10(9)14/h2-3,6H,4-5,7H2,1H3,(H,15,17)(H,16,18). The Kier molecular flexibility index (Phi) is 5.87. The van der Waals surface area contributed by atoms with Crippen LogP contribution >= 0.6 is 0 Å². The lowest BCUT2D eigenvalue weighted by atomic mass is 10.2. The summed E-state index contributed by atoms with van der Waals surface area (Å²) in [4.78, 5) is 22.8. The third kappa shape index (κ3) is 5.01. The van der Waals surface area contributed by atoms with E-state index in [0.29, 0.717) is 13.2 Å². The average Bonchev–Trinajstić information content (AvgIpc) is 2.39. The number of rotatable bonds is 6. The van der Waals surface area contributed by atoms with Crippen molar-refractivity contribution >= 4 is 11.8 Å². The van der Waals surface area contributed by atoms with Gasteiger partial charge in [-0.2, -0.15) is 0 Å². The summed E-state index contributed by atoms with van der Waals surface area (Å²) in [6, 6.07) is 2.53. The predicted octanol–water partition coefficient (Wildman–Crippen LogP) is 0.457. The second-order valence-electron chi connectivity index (χ2n) is 3.65. The van der Waals surface area contributed by atoms with Crippen LogP contribution in [0.1, 0.15) is 10.4 Å². The van der Waals surface area contributed by atoms with Gasteiger partial charge in [0.15, 0.2) is 0 Å². The molecular weight excluding hydrogens is 258 g/mol. The van der Waals surface area contributed by atoms with E-state index in [1.165, 1.54) is 7.11 Å². The molecule has 0 aliphatic heterocycles. The molecule has 0 heterocycles. The molecule has 0 fully saturated rings. The number of amides is 2. The topological polar surface area (TPSA) is 67.4 Å². The van der Waals surface area contributed by atoms with Crippen LogP contribution in [0, 0.1) is 11.6 Å². The Labute approximate surface area is 108 Å². The molecule has 0 spiro atoms. The average molecular weight is 272 g/mol. The summed E-state index contributed by atoms with van der Waals surface area (Å²) < 4.78 is 30.8. The Morgan fingerprint density at radius 1 is 1.26 bits per heavy atom. The van der Waals surface area contributed by atoms with Gasteiger partial charge in [-0.15, -0.1) is 0 Å². The number of hydrogen-bond donors (Lipinski definition) is 2. The first-order valence-corrected chi connectivity index (χ1v) is 5.53. The summed E-state index contributed by atoms with van der Waals surface area (Å²) in [5.74, 6) is -2.86.